The summed E-state index contributed by atoms with van der Waals surface area (Å²) in [6.45, 7) is 3.36. The minimum Gasteiger partial charge on any atom is -0.507 e. The third kappa shape index (κ3) is 5.16. The average Bonchev–Trinajstić information content (AvgIpc) is 3.27. The van der Waals surface area contributed by atoms with Crippen LogP contribution in [0.4, 0.5) is 5.82 Å². The van der Waals surface area contributed by atoms with Gasteiger partial charge in [0.2, 0.25) is 0 Å². The lowest BCUT2D eigenvalue weighted by Crippen LogP contribution is -2.42. The molecule has 1 saturated heterocycles. The predicted octanol–water partition coefficient (Wildman–Crippen LogP) is 2.61. The highest BCUT2D eigenvalue weighted by Gasteiger charge is 2.32. The number of rotatable bonds is 8. The number of benzene rings is 1. The molecule has 0 spiro atoms. The third-order valence-electron chi connectivity index (χ3n) is 6.34. The van der Waals surface area contributed by atoms with Crippen molar-refractivity contribution >= 4 is 5.82 Å². The quantitative estimate of drug-likeness (QED) is 0.479. The molecule has 33 heavy (non-hydrogen) atoms. The van der Waals surface area contributed by atoms with E-state index >= 15 is 0 Å². The first-order chi connectivity index (χ1) is 16.2. The summed E-state index contributed by atoms with van der Waals surface area (Å²) in [4.78, 5) is 0. The topological polar surface area (TPSA) is 120 Å². The normalized spacial score (nSPS) is 21.1. The van der Waals surface area contributed by atoms with E-state index < -0.39 is 0 Å². The molecule has 1 aromatic carbocycles. The lowest BCUT2D eigenvalue weighted by molar-refractivity contribution is -0.131. The summed E-state index contributed by atoms with van der Waals surface area (Å²) in [5.74, 6) is 0.467. The molecule has 0 unspecified atom stereocenters. The van der Waals surface area contributed by atoms with Gasteiger partial charge in [-0.2, -0.15) is 5.10 Å². The van der Waals surface area contributed by atoms with Gasteiger partial charge in [-0.05, 0) is 57.0 Å². The van der Waals surface area contributed by atoms with Gasteiger partial charge in [0.05, 0.1) is 43.4 Å². The highest BCUT2D eigenvalue weighted by molar-refractivity contribution is 5.78. The number of para-hydroxylation sites is 1. The second kappa shape index (κ2) is 9.86. The molecular formula is C24H30N6O3. The second-order valence-electron chi connectivity index (χ2n) is 8.71. The fourth-order valence-electron chi connectivity index (χ4n) is 4.36. The van der Waals surface area contributed by atoms with Crippen LogP contribution in [-0.2, 0) is 16.0 Å². The van der Waals surface area contributed by atoms with Crippen LogP contribution in [0.5, 0.6) is 5.75 Å². The number of phenols is 1. The largest absolute Gasteiger partial charge is 0.507 e. The highest BCUT2D eigenvalue weighted by atomic mass is 16.5. The SMILES string of the molecule is Nc1nnc(-c2ccccc2O)cc1-c1cnn(CCOC2CC(OC3CCNCC3)C2)c1. The molecule has 1 saturated carbocycles. The van der Waals surface area contributed by atoms with Crippen molar-refractivity contribution in [3.05, 3.63) is 42.7 Å². The minimum atomic E-state index is 0.148. The van der Waals surface area contributed by atoms with E-state index in [0.717, 1.165) is 49.9 Å². The van der Waals surface area contributed by atoms with Crippen molar-refractivity contribution in [2.45, 2.75) is 50.5 Å². The molecule has 3 heterocycles. The molecule has 5 rings (SSSR count). The number of hydrogen-bond acceptors (Lipinski definition) is 8. The van der Waals surface area contributed by atoms with Gasteiger partial charge in [-0.25, -0.2) is 0 Å². The summed E-state index contributed by atoms with van der Waals surface area (Å²) in [7, 11) is 0. The van der Waals surface area contributed by atoms with Gasteiger partial charge in [0.1, 0.15) is 5.75 Å². The fraction of sp³-hybridized carbons (Fsp3) is 0.458. The number of phenolic OH excluding ortho intramolecular Hbond substituents is 1. The first-order valence-electron chi connectivity index (χ1n) is 11.6. The molecule has 2 aliphatic rings. The van der Waals surface area contributed by atoms with Crippen molar-refractivity contribution in [1.82, 2.24) is 25.3 Å². The molecule has 1 aliphatic carbocycles. The Morgan fingerprint density at radius 2 is 1.88 bits per heavy atom. The number of nitrogens with one attached hydrogen (secondary N) is 1. The maximum atomic E-state index is 10.1. The van der Waals surface area contributed by atoms with E-state index in [0.29, 0.717) is 42.4 Å². The first-order valence-corrected chi connectivity index (χ1v) is 11.6. The Balaban J connectivity index is 1.13. The van der Waals surface area contributed by atoms with E-state index in [1.165, 1.54) is 0 Å². The average molecular weight is 451 g/mol. The predicted molar refractivity (Wildman–Crippen MR) is 125 cm³/mol. The number of aromatic nitrogens is 4. The molecule has 9 heteroatoms. The van der Waals surface area contributed by atoms with Gasteiger partial charge in [0.15, 0.2) is 5.82 Å². The van der Waals surface area contributed by atoms with Crippen LogP contribution in [0, 0.1) is 0 Å². The smallest absolute Gasteiger partial charge is 0.154 e. The molecule has 0 amide bonds. The van der Waals surface area contributed by atoms with E-state index in [1.807, 2.05) is 23.0 Å². The Bertz CT molecular complexity index is 1080. The maximum absolute atomic E-state index is 10.1. The number of nitrogens with two attached hydrogens (primary N) is 1. The molecule has 174 valence electrons. The fourth-order valence-corrected chi connectivity index (χ4v) is 4.36. The van der Waals surface area contributed by atoms with Crippen LogP contribution >= 0.6 is 0 Å². The summed E-state index contributed by atoms with van der Waals surface area (Å²) in [6, 6.07) is 8.85. The number of hydrogen-bond donors (Lipinski definition) is 3. The Labute approximate surface area is 192 Å². The van der Waals surface area contributed by atoms with Crippen molar-refractivity contribution in [3.63, 3.8) is 0 Å². The zero-order valence-electron chi connectivity index (χ0n) is 18.6. The lowest BCUT2D eigenvalue weighted by atomic mass is 9.91. The Morgan fingerprint density at radius 3 is 2.70 bits per heavy atom. The summed E-state index contributed by atoms with van der Waals surface area (Å²) in [5.41, 5.74) is 8.82. The maximum Gasteiger partial charge on any atom is 0.154 e. The van der Waals surface area contributed by atoms with E-state index in [9.17, 15) is 5.11 Å². The van der Waals surface area contributed by atoms with Crippen molar-refractivity contribution in [2.24, 2.45) is 0 Å². The van der Waals surface area contributed by atoms with Crippen LogP contribution in [0.2, 0.25) is 0 Å². The standard InChI is InChI=1S/C24H30N6O3/c25-24-21(13-22(28-29-24)20-3-1-2-4-23(20)31)16-14-27-30(15-16)9-10-32-18-11-19(12-18)33-17-5-7-26-8-6-17/h1-4,13-15,17-19,26,31H,5-12H2,(H2,25,29). The highest BCUT2D eigenvalue weighted by Crippen LogP contribution is 2.32. The third-order valence-corrected chi connectivity index (χ3v) is 6.34. The van der Waals surface area contributed by atoms with Gasteiger partial charge in [0.25, 0.3) is 0 Å². The van der Waals surface area contributed by atoms with E-state index in [2.05, 4.69) is 20.6 Å². The Morgan fingerprint density at radius 1 is 1.06 bits per heavy atom. The Kier molecular flexibility index (Phi) is 6.52. The van der Waals surface area contributed by atoms with Gasteiger partial charge < -0.3 is 25.6 Å². The number of aromatic hydroxyl groups is 1. The molecular weight excluding hydrogens is 420 g/mol. The van der Waals surface area contributed by atoms with Crippen LogP contribution in [-0.4, -0.2) is 63.1 Å². The van der Waals surface area contributed by atoms with E-state index in [-0.39, 0.29) is 11.9 Å². The molecule has 0 atom stereocenters. The number of ether oxygens (including phenoxy) is 2. The molecule has 3 aromatic rings. The molecule has 4 N–H and O–H groups in total. The number of nitrogens with zero attached hydrogens (tertiary/aromatic N) is 4. The number of piperidine rings is 1. The molecule has 9 nitrogen and oxygen atoms in total. The van der Waals surface area contributed by atoms with Crippen molar-refractivity contribution in [3.8, 4) is 28.1 Å². The molecule has 1 aliphatic heterocycles. The van der Waals surface area contributed by atoms with Crippen LogP contribution in [0.15, 0.2) is 42.7 Å². The zero-order valence-corrected chi connectivity index (χ0v) is 18.6. The summed E-state index contributed by atoms with van der Waals surface area (Å²) < 4.78 is 14.0. The monoisotopic (exact) mass is 450 g/mol. The Hall–Kier alpha value is -3.01. The zero-order chi connectivity index (χ0) is 22.6. The molecule has 0 radical (unpaired) electrons. The second-order valence-corrected chi connectivity index (χ2v) is 8.71. The van der Waals surface area contributed by atoms with Gasteiger partial charge in [-0.15, -0.1) is 10.2 Å². The lowest BCUT2D eigenvalue weighted by Gasteiger charge is -2.38. The number of nitrogen functional groups attached to an aromatic ring is 1. The minimum absolute atomic E-state index is 0.148. The molecule has 2 fully saturated rings. The number of anilines is 1. The van der Waals surface area contributed by atoms with Crippen molar-refractivity contribution in [2.75, 3.05) is 25.4 Å². The van der Waals surface area contributed by atoms with Gasteiger partial charge in [-0.3, -0.25) is 4.68 Å². The van der Waals surface area contributed by atoms with Gasteiger partial charge >= 0.3 is 0 Å². The van der Waals surface area contributed by atoms with Crippen molar-refractivity contribution in [1.29, 1.82) is 0 Å². The van der Waals surface area contributed by atoms with Crippen molar-refractivity contribution < 1.29 is 14.6 Å². The van der Waals surface area contributed by atoms with E-state index in [4.69, 9.17) is 15.2 Å². The van der Waals surface area contributed by atoms with Crippen LogP contribution in [0.3, 0.4) is 0 Å². The van der Waals surface area contributed by atoms with Gasteiger partial charge in [-0.1, -0.05) is 12.1 Å². The van der Waals surface area contributed by atoms with Crippen LogP contribution in [0.25, 0.3) is 22.4 Å². The summed E-state index contributed by atoms with van der Waals surface area (Å²) >= 11 is 0. The summed E-state index contributed by atoms with van der Waals surface area (Å²) in [6.07, 6.45) is 8.86. The van der Waals surface area contributed by atoms with Crippen LogP contribution in [0.1, 0.15) is 25.7 Å². The molecule has 0 bridgehead atoms. The van der Waals surface area contributed by atoms with E-state index in [1.54, 1.807) is 24.4 Å². The molecule has 2 aromatic heterocycles. The van der Waals surface area contributed by atoms with Gasteiger partial charge in [0, 0.05) is 22.9 Å². The first kappa shape index (κ1) is 21.8. The summed E-state index contributed by atoms with van der Waals surface area (Å²) in [5, 5.41) is 26.1. The van der Waals surface area contributed by atoms with Crippen LogP contribution < -0.4 is 11.1 Å².